The largest absolute Gasteiger partial charge is 0.416 e. The van der Waals surface area contributed by atoms with Crippen LogP contribution in [0.1, 0.15) is 41.5 Å². The summed E-state index contributed by atoms with van der Waals surface area (Å²) in [6, 6.07) is 18.1. The minimum Gasteiger partial charge on any atom is -0.371 e. The number of hydrogen-bond acceptors (Lipinski definition) is 4. The van der Waals surface area contributed by atoms with Crippen LogP contribution in [0.4, 0.5) is 26.3 Å². The van der Waals surface area contributed by atoms with Crippen LogP contribution in [-0.4, -0.2) is 25.8 Å². The lowest BCUT2D eigenvalue weighted by atomic mass is 9.80. The smallest absolute Gasteiger partial charge is 0.371 e. The molecule has 4 nitrogen and oxygen atoms in total. The van der Waals surface area contributed by atoms with Crippen LogP contribution < -0.4 is 5.32 Å². The molecule has 2 aliphatic rings. The van der Waals surface area contributed by atoms with Gasteiger partial charge in [-0.05, 0) is 60.7 Å². The monoisotopic (exact) mass is 569 g/mol. The Bertz CT molecular complexity index is 1390. The lowest BCUT2D eigenvalue weighted by Crippen LogP contribution is -2.54. The molecule has 1 N–H and O–H groups in total. The van der Waals surface area contributed by atoms with Crippen LogP contribution in [0.5, 0.6) is 0 Å². The first kappa shape index (κ1) is 27.7. The van der Waals surface area contributed by atoms with Gasteiger partial charge in [0, 0.05) is 6.04 Å². The van der Waals surface area contributed by atoms with Gasteiger partial charge in [0.2, 0.25) is 0 Å². The lowest BCUT2D eigenvalue weighted by Gasteiger charge is -2.42. The first-order valence-corrected chi connectivity index (χ1v) is 13.9. The summed E-state index contributed by atoms with van der Waals surface area (Å²) >= 11 is 0. The van der Waals surface area contributed by atoms with Crippen LogP contribution in [0, 0.1) is 0 Å². The Morgan fingerprint density at radius 1 is 0.821 bits per heavy atom. The Morgan fingerprint density at radius 2 is 1.38 bits per heavy atom. The molecular formula is C28H25F6NO3S. The van der Waals surface area contributed by atoms with Crippen molar-refractivity contribution >= 4 is 9.84 Å². The van der Waals surface area contributed by atoms with Gasteiger partial charge < -0.3 is 10.1 Å². The maximum absolute atomic E-state index is 13.6. The molecule has 2 aliphatic heterocycles. The Labute approximate surface area is 221 Å². The maximum Gasteiger partial charge on any atom is 0.416 e. The first-order valence-electron chi connectivity index (χ1n) is 12.3. The predicted molar refractivity (Wildman–Crippen MR) is 131 cm³/mol. The van der Waals surface area contributed by atoms with Crippen molar-refractivity contribution in [2.45, 2.75) is 66.1 Å². The van der Waals surface area contributed by atoms with Gasteiger partial charge in [0.25, 0.3) is 0 Å². The van der Waals surface area contributed by atoms with Crippen molar-refractivity contribution in [1.29, 1.82) is 0 Å². The third-order valence-electron chi connectivity index (χ3n) is 7.56. The molecule has 0 saturated carbocycles. The molecule has 11 heteroatoms. The highest BCUT2D eigenvalue weighted by atomic mass is 32.2. The molecule has 0 amide bonds. The quantitative estimate of drug-likeness (QED) is 0.345. The van der Waals surface area contributed by atoms with E-state index in [-0.39, 0.29) is 22.9 Å². The zero-order valence-corrected chi connectivity index (χ0v) is 21.3. The molecule has 3 aromatic carbocycles. The summed E-state index contributed by atoms with van der Waals surface area (Å²) in [7, 11) is -3.74. The zero-order valence-electron chi connectivity index (χ0n) is 20.5. The fourth-order valence-corrected chi connectivity index (χ4v) is 7.77. The van der Waals surface area contributed by atoms with Gasteiger partial charge in [-0.2, -0.15) is 26.3 Å². The number of halogens is 6. The third kappa shape index (κ3) is 5.31. The van der Waals surface area contributed by atoms with Gasteiger partial charge in [0.05, 0.1) is 39.5 Å². The summed E-state index contributed by atoms with van der Waals surface area (Å²) in [6.45, 7) is -0.505. The Morgan fingerprint density at radius 3 is 1.95 bits per heavy atom. The number of ether oxygens (including phenoxy) is 1. The van der Waals surface area contributed by atoms with Gasteiger partial charge in [-0.3, -0.25) is 0 Å². The topological polar surface area (TPSA) is 55.4 Å². The van der Waals surface area contributed by atoms with Crippen LogP contribution in [-0.2, 0) is 39.1 Å². The number of fused-ring (bicyclic) bond motifs is 2. The summed E-state index contributed by atoms with van der Waals surface area (Å²) in [5, 5.41) is 2.65. The van der Waals surface area contributed by atoms with E-state index in [1.807, 2.05) is 12.1 Å². The van der Waals surface area contributed by atoms with Crippen LogP contribution in [0.3, 0.4) is 0 Å². The molecule has 5 rings (SSSR count). The van der Waals surface area contributed by atoms with Crippen LogP contribution >= 0.6 is 0 Å². The van der Waals surface area contributed by atoms with Crippen molar-refractivity contribution in [3.8, 4) is 0 Å². The van der Waals surface area contributed by atoms with Crippen molar-refractivity contribution < 1.29 is 39.5 Å². The maximum atomic E-state index is 13.6. The molecule has 39 heavy (non-hydrogen) atoms. The number of nitrogens with one attached hydrogen (secondary N) is 1. The average Bonchev–Trinajstić information content (AvgIpc) is 3.23. The van der Waals surface area contributed by atoms with Gasteiger partial charge in [-0.25, -0.2) is 8.42 Å². The highest BCUT2D eigenvalue weighted by molar-refractivity contribution is 7.92. The molecule has 0 aliphatic carbocycles. The molecule has 0 aromatic heterocycles. The van der Waals surface area contributed by atoms with Gasteiger partial charge >= 0.3 is 12.4 Å². The number of alkyl halides is 6. The third-order valence-corrected chi connectivity index (χ3v) is 9.78. The fourth-order valence-electron chi connectivity index (χ4n) is 5.76. The summed E-state index contributed by atoms with van der Waals surface area (Å²) in [6.07, 6.45) is -9.71. The second-order valence-corrected chi connectivity index (χ2v) is 12.1. The standard InChI is InChI=1S/C28H25F6NO3S/c29-27(30,31)20-13-18(14-21(15-20)28(32,33)34)17-38-25-12-11-23-24(39(36,37)22-9-5-2-6-10-22)16-26(25,35-23)19-7-3-1-4-8-19/h1-10,13-15,23-25,35H,11-12,16-17H2. The molecule has 3 aromatic rings. The van der Waals surface area contributed by atoms with E-state index in [1.54, 1.807) is 36.4 Å². The van der Waals surface area contributed by atoms with Crippen LogP contribution in [0.2, 0.25) is 0 Å². The van der Waals surface area contributed by atoms with Crippen molar-refractivity contribution in [2.75, 3.05) is 0 Å². The number of benzene rings is 3. The molecule has 4 unspecified atom stereocenters. The molecule has 0 spiro atoms. The number of piperidine rings is 1. The van der Waals surface area contributed by atoms with E-state index in [9.17, 15) is 34.8 Å². The van der Waals surface area contributed by atoms with E-state index in [2.05, 4.69) is 5.32 Å². The van der Waals surface area contributed by atoms with E-state index in [4.69, 9.17) is 4.74 Å². The van der Waals surface area contributed by atoms with Gasteiger partial charge in [0.1, 0.15) is 0 Å². The Balaban J connectivity index is 1.48. The second kappa shape index (κ2) is 9.94. The number of rotatable bonds is 6. The van der Waals surface area contributed by atoms with Crippen molar-refractivity contribution in [2.24, 2.45) is 0 Å². The van der Waals surface area contributed by atoms with E-state index in [0.29, 0.717) is 25.0 Å². The van der Waals surface area contributed by atoms with Gasteiger partial charge in [-0.15, -0.1) is 0 Å². The molecule has 2 saturated heterocycles. The second-order valence-electron chi connectivity index (χ2n) is 9.98. The summed E-state index contributed by atoms with van der Waals surface area (Å²) in [5.74, 6) is 0. The Kier molecular flexibility index (Phi) is 7.05. The first-order chi connectivity index (χ1) is 18.3. The Hall–Kier alpha value is -2.89. The lowest BCUT2D eigenvalue weighted by molar-refractivity contribution is -0.143. The van der Waals surface area contributed by atoms with Crippen molar-refractivity contribution in [1.82, 2.24) is 5.32 Å². The van der Waals surface area contributed by atoms with Gasteiger partial charge in [-0.1, -0.05) is 48.5 Å². The number of hydrogen-bond donors (Lipinski definition) is 1. The zero-order chi connectivity index (χ0) is 28.1. The summed E-state index contributed by atoms with van der Waals surface area (Å²) in [4.78, 5) is 0.189. The van der Waals surface area contributed by atoms with E-state index < -0.39 is 62.9 Å². The number of sulfone groups is 1. The minimum absolute atomic E-state index is 0.0811. The fraction of sp³-hybridized carbons (Fsp3) is 0.357. The normalized spacial score (nSPS) is 25.5. The SMILES string of the molecule is O=S(=O)(c1ccccc1)C1CC2(c3ccccc3)NC1CCC2OCc1cc(C(F)(F)F)cc(C(F)(F)F)c1. The highest BCUT2D eigenvalue weighted by Gasteiger charge is 2.57. The summed E-state index contributed by atoms with van der Waals surface area (Å²) < 4.78 is 113. The molecule has 208 valence electrons. The van der Waals surface area contributed by atoms with E-state index in [1.165, 1.54) is 12.1 Å². The minimum atomic E-state index is -4.97. The molecule has 2 bridgehead atoms. The van der Waals surface area contributed by atoms with E-state index >= 15 is 0 Å². The van der Waals surface area contributed by atoms with Gasteiger partial charge in [0.15, 0.2) is 9.84 Å². The van der Waals surface area contributed by atoms with Crippen molar-refractivity contribution in [3.05, 3.63) is 101 Å². The molecular weight excluding hydrogens is 544 g/mol. The molecule has 0 radical (unpaired) electrons. The predicted octanol–water partition coefficient (Wildman–Crippen LogP) is 6.50. The highest BCUT2D eigenvalue weighted by Crippen LogP contribution is 2.48. The van der Waals surface area contributed by atoms with Crippen molar-refractivity contribution in [3.63, 3.8) is 0 Å². The van der Waals surface area contributed by atoms with Crippen LogP contribution in [0.15, 0.2) is 83.8 Å². The molecule has 2 fully saturated rings. The van der Waals surface area contributed by atoms with E-state index in [0.717, 1.165) is 5.56 Å². The van der Waals surface area contributed by atoms with Crippen LogP contribution in [0.25, 0.3) is 0 Å². The molecule has 4 atom stereocenters. The average molecular weight is 570 g/mol. The molecule has 2 heterocycles. The summed E-state index contributed by atoms with van der Waals surface area (Å²) in [5.41, 5.74) is -3.35.